The summed E-state index contributed by atoms with van der Waals surface area (Å²) in [5.41, 5.74) is -0.546. The van der Waals surface area contributed by atoms with Crippen LogP contribution in [0.1, 0.15) is 24.9 Å². The molecule has 0 saturated carbocycles. The Bertz CT molecular complexity index is 630. The minimum Gasteiger partial charge on any atom is -0.276 e. The lowest BCUT2D eigenvalue weighted by Gasteiger charge is -2.26. The second-order valence-electron chi connectivity index (χ2n) is 5.65. The molecule has 1 aromatic heterocycles. The van der Waals surface area contributed by atoms with Gasteiger partial charge in [-0.15, -0.1) is 0 Å². The number of fused-ring (bicyclic) bond motifs is 1. The van der Waals surface area contributed by atoms with E-state index in [0.29, 0.717) is 18.7 Å². The van der Waals surface area contributed by atoms with Crippen molar-refractivity contribution in [3.63, 3.8) is 0 Å². The number of halogens is 2. The molecule has 110 valence electrons. The molecule has 2 saturated heterocycles. The Morgan fingerprint density at radius 3 is 2.95 bits per heavy atom. The van der Waals surface area contributed by atoms with Crippen LogP contribution in [0.5, 0.6) is 0 Å². The Morgan fingerprint density at radius 2 is 2.29 bits per heavy atom. The highest BCUT2D eigenvalue weighted by atomic mass is 19.3. The van der Waals surface area contributed by atoms with Gasteiger partial charge >= 0.3 is 0 Å². The Morgan fingerprint density at radius 1 is 1.52 bits per heavy atom. The molecule has 0 bridgehead atoms. The topological polar surface area (TPSA) is 40.8 Å². The van der Waals surface area contributed by atoms with E-state index >= 15 is 0 Å². The summed E-state index contributed by atoms with van der Waals surface area (Å²) in [7, 11) is 0. The number of rotatable bonds is 2. The average Bonchev–Trinajstić information content (AvgIpc) is 2.99. The Balaban J connectivity index is 1.94. The van der Waals surface area contributed by atoms with Gasteiger partial charge in [0.05, 0.1) is 12.6 Å². The van der Waals surface area contributed by atoms with Gasteiger partial charge in [0.15, 0.2) is 0 Å². The van der Waals surface area contributed by atoms with E-state index in [9.17, 15) is 13.6 Å². The van der Waals surface area contributed by atoms with E-state index in [1.807, 2.05) is 0 Å². The highest BCUT2D eigenvalue weighted by Gasteiger charge is 2.57. The first-order valence-corrected chi connectivity index (χ1v) is 6.66. The molecule has 0 aliphatic carbocycles. The third kappa shape index (κ3) is 1.98. The molecule has 1 unspecified atom stereocenters. The van der Waals surface area contributed by atoms with Crippen LogP contribution in [0.2, 0.25) is 0 Å². The summed E-state index contributed by atoms with van der Waals surface area (Å²) in [4.78, 5) is 19.7. The Hall–Kier alpha value is -2.07. The van der Waals surface area contributed by atoms with Gasteiger partial charge in [0.2, 0.25) is 5.69 Å². The standard InChI is InChI=1S/C14H14F2N4O/c1-14(12(15)16)8-19-4-3-11(20(19)13(14)21)9-5-10(17-2)7-18-6-9/h5-7,11-12H,3-4,8H2,1H3/t11-,14?/m0/s1. The zero-order chi connectivity index (χ0) is 15.2. The first-order valence-electron chi connectivity index (χ1n) is 6.66. The third-order valence-electron chi connectivity index (χ3n) is 4.21. The van der Waals surface area contributed by atoms with Crippen LogP contribution >= 0.6 is 0 Å². The first kappa shape index (κ1) is 13.9. The Kier molecular flexibility index (Phi) is 3.14. The summed E-state index contributed by atoms with van der Waals surface area (Å²) in [6.45, 7) is 8.91. The van der Waals surface area contributed by atoms with Crippen LogP contribution in [0, 0.1) is 12.0 Å². The fourth-order valence-electron chi connectivity index (χ4n) is 2.99. The number of carbonyl (C=O) groups is 1. The van der Waals surface area contributed by atoms with Gasteiger partial charge in [0, 0.05) is 25.5 Å². The first-order chi connectivity index (χ1) is 9.97. The predicted octanol–water partition coefficient (Wildman–Crippen LogP) is 2.41. The number of hydrogen-bond donors (Lipinski definition) is 0. The number of alkyl halides is 2. The summed E-state index contributed by atoms with van der Waals surface area (Å²) in [5.74, 6) is -0.548. The Labute approximate surface area is 121 Å². The largest absolute Gasteiger partial charge is 0.276 e. The van der Waals surface area contributed by atoms with Gasteiger partial charge in [-0.1, -0.05) is 0 Å². The van der Waals surface area contributed by atoms with Crippen molar-refractivity contribution in [2.24, 2.45) is 5.41 Å². The van der Waals surface area contributed by atoms with Crippen molar-refractivity contribution in [1.29, 1.82) is 0 Å². The van der Waals surface area contributed by atoms with Crippen molar-refractivity contribution >= 4 is 11.6 Å². The fraction of sp³-hybridized carbons (Fsp3) is 0.500. The third-order valence-corrected chi connectivity index (χ3v) is 4.21. The minimum atomic E-state index is -2.69. The van der Waals surface area contributed by atoms with Crippen LogP contribution in [0.3, 0.4) is 0 Å². The van der Waals surface area contributed by atoms with Crippen molar-refractivity contribution in [2.75, 3.05) is 13.1 Å². The molecule has 5 nitrogen and oxygen atoms in total. The van der Waals surface area contributed by atoms with Crippen molar-refractivity contribution in [1.82, 2.24) is 15.0 Å². The number of hydrogen-bond acceptors (Lipinski definition) is 3. The normalized spacial score (nSPS) is 29.0. The van der Waals surface area contributed by atoms with Gasteiger partial charge in [-0.25, -0.2) is 18.6 Å². The lowest BCUT2D eigenvalue weighted by Crippen LogP contribution is -2.39. The highest BCUT2D eigenvalue weighted by molar-refractivity contribution is 5.85. The fourth-order valence-corrected chi connectivity index (χ4v) is 2.99. The molecule has 0 aromatic carbocycles. The maximum Gasteiger partial charge on any atom is 0.254 e. The van der Waals surface area contributed by atoms with Crippen molar-refractivity contribution in [3.8, 4) is 0 Å². The number of amides is 1. The minimum absolute atomic E-state index is 0.0376. The van der Waals surface area contributed by atoms with Crippen LogP contribution in [-0.4, -0.2) is 40.4 Å². The molecule has 0 N–H and O–H groups in total. The van der Waals surface area contributed by atoms with Gasteiger partial charge in [-0.2, -0.15) is 0 Å². The van der Waals surface area contributed by atoms with E-state index in [1.54, 1.807) is 17.3 Å². The molecule has 2 atom stereocenters. The van der Waals surface area contributed by atoms with E-state index in [1.165, 1.54) is 18.1 Å². The highest BCUT2D eigenvalue weighted by Crippen LogP contribution is 2.45. The van der Waals surface area contributed by atoms with Gasteiger partial charge < -0.3 is 0 Å². The zero-order valence-corrected chi connectivity index (χ0v) is 11.5. The molecule has 2 aliphatic rings. The van der Waals surface area contributed by atoms with E-state index < -0.39 is 17.7 Å². The quantitative estimate of drug-likeness (QED) is 0.786. The number of nitrogens with zero attached hydrogens (tertiary/aromatic N) is 4. The molecule has 0 radical (unpaired) electrons. The average molecular weight is 292 g/mol. The molecule has 2 aliphatic heterocycles. The molecule has 2 fully saturated rings. The van der Waals surface area contributed by atoms with Gasteiger partial charge in [-0.05, 0) is 25.0 Å². The van der Waals surface area contributed by atoms with E-state index in [0.717, 1.165) is 5.56 Å². The van der Waals surface area contributed by atoms with Crippen LogP contribution < -0.4 is 0 Å². The maximum atomic E-state index is 13.2. The molecular formula is C14H14F2N4O. The van der Waals surface area contributed by atoms with Crippen molar-refractivity contribution in [2.45, 2.75) is 25.8 Å². The second kappa shape index (κ2) is 4.74. The molecule has 1 amide bonds. The SMILES string of the molecule is [C-]#[N+]c1cncc([C@@H]2CCN3CC(C)(C(F)F)C(=O)N23)c1. The van der Waals surface area contributed by atoms with Gasteiger partial charge in [0.25, 0.3) is 12.3 Å². The maximum absolute atomic E-state index is 13.2. The van der Waals surface area contributed by atoms with Crippen molar-refractivity contribution in [3.05, 3.63) is 35.4 Å². The van der Waals surface area contributed by atoms with Crippen LogP contribution in [0.15, 0.2) is 18.5 Å². The van der Waals surface area contributed by atoms with Crippen LogP contribution in [0.25, 0.3) is 4.85 Å². The summed E-state index contributed by atoms with van der Waals surface area (Å²) in [6.07, 6.45) is 1.00. The monoisotopic (exact) mass is 292 g/mol. The smallest absolute Gasteiger partial charge is 0.254 e. The van der Waals surface area contributed by atoms with E-state index in [2.05, 4.69) is 9.83 Å². The predicted molar refractivity (Wildman–Crippen MR) is 70.4 cm³/mol. The molecule has 3 heterocycles. The number of carbonyl (C=O) groups excluding carboxylic acids is 1. The molecule has 3 rings (SSSR count). The summed E-state index contributed by atoms with van der Waals surface area (Å²) < 4.78 is 26.4. The number of hydrazine groups is 1. The van der Waals surface area contributed by atoms with Gasteiger partial charge in [-0.3, -0.25) is 14.8 Å². The number of pyridine rings is 1. The van der Waals surface area contributed by atoms with E-state index in [4.69, 9.17) is 6.57 Å². The summed E-state index contributed by atoms with van der Waals surface area (Å²) in [6, 6.07) is 1.35. The summed E-state index contributed by atoms with van der Waals surface area (Å²) in [5, 5.41) is 3.11. The van der Waals surface area contributed by atoms with Crippen LogP contribution in [-0.2, 0) is 4.79 Å². The van der Waals surface area contributed by atoms with Gasteiger partial charge in [0.1, 0.15) is 5.41 Å². The van der Waals surface area contributed by atoms with Crippen molar-refractivity contribution < 1.29 is 13.6 Å². The molecule has 0 spiro atoms. The van der Waals surface area contributed by atoms with Crippen LogP contribution in [0.4, 0.5) is 14.5 Å². The lowest BCUT2D eigenvalue weighted by molar-refractivity contribution is -0.147. The number of aromatic nitrogens is 1. The molecular weight excluding hydrogens is 278 g/mol. The summed E-state index contributed by atoms with van der Waals surface area (Å²) >= 11 is 0. The second-order valence-corrected chi connectivity index (χ2v) is 5.65. The lowest BCUT2D eigenvalue weighted by atomic mass is 9.90. The molecule has 21 heavy (non-hydrogen) atoms. The molecule has 7 heteroatoms. The van der Waals surface area contributed by atoms with E-state index in [-0.39, 0.29) is 12.6 Å². The zero-order valence-electron chi connectivity index (χ0n) is 11.5. The molecule has 1 aromatic rings.